The van der Waals surface area contributed by atoms with Crippen LogP contribution in [0.5, 0.6) is 0 Å². The lowest BCUT2D eigenvalue weighted by Gasteiger charge is -2.12. The van der Waals surface area contributed by atoms with E-state index in [4.69, 9.17) is 0 Å². The number of hydrogen-bond acceptors (Lipinski definition) is 5. The van der Waals surface area contributed by atoms with Gasteiger partial charge in [-0.3, -0.25) is 0 Å². The predicted molar refractivity (Wildman–Crippen MR) is 66.1 cm³/mol. The van der Waals surface area contributed by atoms with Crippen molar-refractivity contribution in [3.8, 4) is 0 Å². The number of nitrogens with zero attached hydrogens (tertiary/aromatic N) is 4. The van der Waals surface area contributed by atoms with Crippen LogP contribution in [0.1, 0.15) is 35.1 Å². The highest BCUT2D eigenvalue weighted by atomic mass is 16.1. The standard InChI is InChI=1S/C13H14N4O/c1-9-3-5-12(16-14-9)11(7-8-18)13-6-4-10(2)15-17-13/h3-6,8,11H,7H2,1-2H3. The van der Waals surface area contributed by atoms with Crippen molar-refractivity contribution >= 4 is 6.29 Å². The van der Waals surface area contributed by atoms with Gasteiger partial charge in [-0.15, -0.1) is 0 Å². The molecule has 0 unspecified atom stereocenters. The van der Waals surface area contributed by atoms with E-state index in [2.05, 4.69) is 20.4 Å². The summed E-state index contributed by atoms with van der Waals surface area (Å²) in [6, 6.07) is 7.50. The first-order valence-corrected chi connectivity index (χ1v) is 5.75. The Bertz CT molecular complexity index is 476. The summed E-state index contributed by atoms with van der Waals surface area (Å²) in [5, 5.41) is 16.3. The van der Waals surface area contributed by atoms with E-state index in [1.165, 1.54) is 0 Å². The Morgan fingerprint density at radius 2 is 1.44 bits per heavy atom. The highest BCUT2D eigenvalue weighted by molar-refractivity contribution is 5.52. The Labute approximate surface area is 105 Å². The lowest BCUT2D eigenvalue weighted by molar-refractivity contribution is -0.108. The number of aromatic nitrogens is 4. The molecule has 0 aromatic carbocycles. The fraction of sp³-hybridized carbons (Fsp3) is 0.308. The Morgan fingerprint density at radius 3 is 1.78 bits per heavy atom. The molecule has 92 valence electrons. The average Bonchev–Trinajstić information content (AvgIpc) is 2.39. The molecule has 0 radical (unpaired) electrons. The third-order valence-corrected chi connectivity index (χ3v) is 2.68. The molecule has 5 heteroatoms. The number of aryl methyl sites for hydroxylation is 2. The molecular formula is C13H14N4O. The second-order valence-corrected chi connectivity index (χ2v) is 4.15. The molecule has 0 aliphatic heterocycles. The van der Waals surface area contributed by atoms with Crippen LogP contribution in [-0.2, 0) is 4.79 Å². The summed E-state index contributed by atoms with van der Waals surface area (Å²) in [5.41, 5.74) is 3.17. The van der Waals surface area contributed by atoms with Crippen LogP contribution in [0.3, 0.4) is 0 Å². The van der Waals surface area contributed by atoms with E-state index in [0.717, 1.165) is 29.1 Å². The smallest absolute Gasteiger partial charge is 0.121 e. The van der Waals surface area contributed by atoms with Gasteiger partial charge in [0, 0.05) is 6.42 Å². The van der Waals surface area contributed by atoms with Gasteiger partial charge in [0.25, 0.3) is 0 Å². The summed E-state index contributed by atoms with van der Waals surface area (Å²) in [6.07, 6.45) is 1.20. The number of rotatable bonds is 4. The van der Waals surface area contributed by atoms with E-state index in [1.54, 1.807) is 0 Å². The second-order valence-electron chi connectivity index (χ2n) is 4.15. The lowest BCUT2D eigenvalue weighted by atomic mass is 9.97. The minimum Gasteiger partial charge on any atom is -0.303 e. The van der Waals surface area contributed by atoms with Gasteiger partial charge in [0.1, 0.15) is 6.29 Å². The first-order chi connectivity index (χ1) is 8.70. The zero-order chi connectivity index (χ0) is 13.0. The lowest BCUT2D eigenvalue weighted by Crippen LogP contribution is -2.09. The molecule has 2 aromatic heterocycles. The fourth-order valence-corrected chi connectivity index (χ4v) is 1.68. The quantitative estimate of drug-likeness (QED) is 0.762. The predicted octanol–water partition coefficient (Wildman–Crippen LogP) is 1.60. The van der Waals surface area contributed by atoms with Crippen molar-refractivity contribution in [1.29, 1.82) is 0 Å². The molecule has 0 fully saturated rings. The Morgan fingerprint density at radius 1 is 0.944 bits per heavy atom. The largest absolute Gasteiger partial charge is 0.303 e. The van der Waals surface area contributed by atoms with Crippen LogP contribution in [0, 0.1) is 13.8 Å². The topological polar surface area (TPSA) is 68.6 Å². The van der Waals surface area contributed by atoms with Gasteiger partial charge in [0.15, 0.2) is 0 Å². The number of hydrogen-bond donors (Lipinski definition) is 0. The Balaban J connectivity index is 2.35. The molecule has 18 heavy (non-hydrogen) atoms. The fourth-order valence-electron chi connectivity index (χ4n) is 1.68. The molecule has 0 saturated heterocycles. The number of carbonyl (C=O) groups is 1. The van der Waals surface area contributed by atoms with Crippen molar-refractivity contribution in [2.24, 2.45) is 0 Å². The molecule has 0 amide bonds. The molecule has 0 saturated carbocycles. The summed E-state index contributed by atoms with van der Waals surface area (Å²) in [6.45, 7) is 3.74. The zero-order valence-corrected chi connectivity index (χ0v) is 10.4. The van der Waals surface area contributed by atoms with Gasteiger partial charge in [-0.05, 0) is 38.1 Å². The third-order valence-electron chi connectivity index (χ3n) is 2.68. The Kier molecular flexibility index (Phi) is 3.72. The van der Waals surface area contributed by atoms with Gasteiger partial charge in [-0.25, -0.2) is 0 Å². The molecular weight excluding hydrogens is 228 g/mol. The van der Waals surface area contributed by atoms with Gasteiger partial charge in [0.2, 0.25) is 0 Å². The molecule has 2 heterocycles. The average molecular weight is 242 g/mol. The van der Waals surface area contributed by atoms with Gasteiger partial charge in [0.05, 0.1) is 28.7 Å². The van der Waals surface area contributed by atoms with Gasteiger partial charge in [-0.1, -0.05) is 0 Å². The van der Waals surface area contributed by atoms with Gasteiger partial charge >= 0.3 is 0 Å². The third kappa shape index (κ3) is 2.74. The first kappa shape index (κ1) is 12.3. The molecule has 0 atom stereocenters. The molecule has 0 bridgehead atoms. The van der Waals surface area contributed by atoms with Crippen molar-refractivity contribution in [2.75, 3.05) is 0 Å². The minimum absolute atomic E-state index is 0.177. The summed E-state index contributed by atoms with van der Waals surface area (Å²) in [7, 11) is 0. The summed E-state index contributed by atoms with van der Waals surface area (Å²) < 4.78 is 0. The maximum absolute atomic E-state index is 10.8. The maximum Gasteiger partial charge on any atom is 0.121 e. The highest BCUT2D eigenvalue weighted by Gasteiger charge is 2.17. The monoisotopic (exact) mass is 242 g/mol. The Hall–Kier alpha value is -2.17. The maximum atomic E-state index is 10.8. The molecule has 0 aliphatic carbocycles. The molecule has 0 aliphatic rings. The van der Waals surface area contributed by atoms with Crippen LogP contribution >= 0.6 is 0 Å². The van der Waals surface area contributed by atoms with E-state index in [1.807, 2.05) is 38.1 Å². The van der Waals surface area contributed by atoms with Gasteiger partial charge < -0.3 is 4.79 Å². The van der Waals surface area contributed by atoms with Crippen molar-refractivity contribution in [3.63, 3.8) is 0 Å². The van der Waals surface area contributed by atoms with Crippen LogP contribution in [-0.4, -0.2) is 26.7 Å². The van der Waals surface area contributed by atoms with Crippen LogP contribution in [0.2, 0.25) is 0 Å². The van der Waals surface area contributed by atoms with Crippen molar-refractivity contribution in [1.82, 2.24) is 20.4 Å². The van der Waals surface area contributed by atoms with E-state index in [-0.39, 0.29) is 5.92 Å². The van der Waals surface area contributed by atoms with Crippen LogP contribution in [0.15, 0.2) is 24.3 Å². The highest BCUT2D eigenvalue weighted by Crippen LogP contribution is 2.23. The normalized spacial score (nSPS) is 10.6. The molecule has 0 N–H and O–H groups in total. The zero-order valence-electron chi connectivity index (χ0n) is 10.4. The van der Waals surface area contributed by atoms with Gasteiger partial charge in [-0.2, -0.15) is 20.4 Å². The summed E-state index contributed by atoms with van der Waals surface area (Å²) in [5.74, 6) is -0.177. The second kappa shape index (κ2) is 5.44. The van der Waals surface area contributed by atoms with Crippen molar-refractivity contribution in [3.05, 3.63) is 47.0 Å². The van der Waals surface area contributed by atoms with E-state index < -0.39 is 0 Å². The summed E-state index contributed by atoms with van der Waals surface area (Å²) >= 11 is 0. The van der Waals surface area contributed by atoms with Crippen LogP contribution in [0.4, 0.5) is 0 Å². The van der Waals surface area contributed by atoms with Crippen molar-refractivity contribution in [2.45, 2.75) is 26.2 Å². The van der Waals surface area contributed by atoms with E-state index in [0.29, 0.717) is 6.42 Å². The van der Waals surface area contributed by atoms with Crippen molar-refractivity contribution < 1.29 is 4.79 Å². The molecule has 5 nitrogen and oxygen atoms in total. The van der Waals surface area contributed by atoms with Crippen LogP contribution in [0.25, 0.3) is 0 Å². The van der Waals surface area contributed by atoms with E-state index in [9.17, 15) is 4.79 Å². The van der Waals surface area contributed by atoms with Crippen LogP contribution < -0.4 is 0 Å². The first-order valence-electron chi connectivity index (χ1n) is 5.75. The summed E-state index contributed by atoms with van der Waals surface area (Å²) in [4.78, 5) is 10.8. The SMILES string of the molecule is Cc1ccc(C(CC=O)c2ccc(C)nn2)nn1. The molecule has 0 spiro atoms. The number of aldehydes is 1. The molecule has 2 rings (SSSR count). The van der Waals surface area contributed by atoms with E-state index >= 15 is 0 Å². The number of carbonyl (C=O) groups excluding carboxylic acids is 1. The minimum atomic E-state index is -0.177. The molecule has 2 aromatic rings.